The largest absolute Gasteiger partial charge is 0.478 e. The highest BCUT2D eigenvalue weighted by atomic mass is 32.2. The van der Waals surface area contributed by atoms with E-state index in [1.54, 1.807) is 43.3 Å². The molecule has 1 unspecified atom stereocenters. The van der Waals surface area contributed by atoms with Crippen molar-refractivity contribution in [2.45, 2.75) is 17.9 Å². The van der Waals surface area contributed by atoms with Crippen LogP contribution in [0.1, 0.15) is 33.7 Å². The van der Waals surface area contributed by atoms with Crippen LogP contribution in [-0.4, -0.2) is 28.6 Å². The Labute approximate surface area is 166 Å². The van der Waals surface area contributed by atoms with Gasteiger partial charge in [0.15, 0.2) is 6.10 Å². The summed E-state index contributed by atoms with van der Waals surface area (Å²) in [6, 6.07) is 17.0. The number of aryl methyl sites for hydroxylation is 1. The molecule has 0 bridgehead atoms. The van der Waals surface area contributed by atoms with Gasteiger partial charge in [0, 0.05) is 5.39 Å². The lowest BCUT2D eigenvalue weighted by Gasteiger charge is -2.16. The first-order valence-electron chi connectivity index (χ1n) is 8.74. The fraction of sp³-hybridized carbons (Fsp3) is 0.0952. The van der Waals surface area contributed by atoms with E-state index >= 15 is 0 Å². The summed E-state index contributed by atoms with van der Waals surface area (Å²) in [7, 11) is -4.20. The van der Waals surface area contributed by atoms with E-state index in [1.165, 1.54) is 30.3 Å². The van der Waals surface area contributed by atoms with E-state index in [4.69, 9.17) is 4.42 Å². The molecule has 4 rings (SSSR count). The van der Waals surface area contributed by atoms with Crippen molar-refractivity contribution in [2.75, 3.05) is 0 Å². The molecule has 0 amide bonds. The maximum absolute atomic E-state index is 13.5. The number of benzene rings is 2. The van der Waals surface area contributed by atoms with Gasteiger partial charge in [-0.15, -0.1) is 0 Å². The first-order chi connectivity index (χ1) is 13.8. The highest BCUT2D eigenvalue weighted by Crippen LogP contribution is 2.36. The normalized spacial score (nSPS) is 12.9. The number of nitrogens with zero attached hydrogens (tertiary/aromatic N) is 1. The van der Waals surface area contributed by atoms with Crippen LogP contribution in [0.5, 0.6) is 0 Å². The second-order valence-electron chi connectivity index (χ2n) is 6.52. The Hall–Kier alpha value is -3.36. The van der Waals surface area contributed by atoms with E-state index in [0.717, 1.165) is 3.97 Å². The number of carboxylic acid groups (broad SMARTS) is 1. The summed E-state index contributed by atoms with van der Waals surface area (Å²) >= 11 is 0. The van der Waals surface area contributed by atoms with Crippen molar-refractivity contribution in [2.24, 2.45) is 0 Å². The SMILES string of the molecule is Cc1ccc(C(O)c2c(C(=O)O)c3ccccc3n2S(=O)(=O)c2ccccc2)o1. The molecular formula is C21H17NO6S. The van der Waals surface area contributed by atoms with Crippen LogP contribution < -0.4 is 0 Å². The lowest BCUT2D eigenvalue weighted by Crippen LogP contribution is -2.20. The molecule has 0 aliphatic heterocycles. The molecule has 0 saturated carbocycles. The zero-order chi connectivity index (χ0) is 20.8. The van der Waals surface area contributed by atoms with Crippen LogP contribution >= 0.6 is 0 Å². The average molecular weight is 411 g/mol. The minimum absolute atomic E-state index is 0.0261. The number of rotatable bonds is 5. The van der Waals surface area contributed by atoms with E-state index < -0.39 is 22.1 Å². The summed E-state index contributed by atoms with van der Waals surface area (Å²) in [5, 5.41) is 21.1. The number of hydrogen-bond acceptors (Lipinski definition) is 5. The van der Waals surface area contributed by atoms with Crippen molar-refractivity contribution in [1.29, 1.82) is 0 Å². The zero-order valence-corrected chi connectivity index (χ0v) is 16.1. The van der Waals surface area contributed by atoms with Gasteiger partial charge >= 0.3 is 5.97 Å². The summed E-state index contributed by atoms with van der Waals surface area (Å²) in [5.74, 6) is -0.789. The van der Waals surface area contributed by atoms with Crippen molar-refractivity contribution in [3.8, 4) is 0 Å². The van der Waals surface area contributed by atoms with Gasteiger partial charge in [0.25, 0.3) is 10.0 Å². The maximum Gasteiger partial charge on any atom is 0.338 e. The summed E-state index contributed by atoms with van der Waals surface area (Å²) in [6.07, 6.45) is -1.60. The number of aromatic nitrogens is 1. The van der Waals surface area contributed by atoms with Crippen LogP contribution in [-0.2, 0) is 10.0 Å². The quantitative estimate of drug-likeness (QED) is 0.520. The van der Waals surface area contributed by atoms with Crippen LogP contribution in [0.4, 0.5) is 0 Å². The zero-order valence-electron chi connectivity index (χ0n) is 15.3. The van der Waals surface area contributed by atoms with E-state index in [-0.39, 0.29) is 32.8 Å². The van der Waals surface area contributed by atoms with Gasteiger partial charge in [0.2, 0.25) is 0 Å². The van der Waals surface area contributed by atoms with Gasteiger partial charge in [-0.3, -0.25) is 0 Å². The van der Waals surface area contributed by atoms with Crippen molar-refractivity contribution in [3.63, 3.8) is 0 Å². The Bertz CT molecular complexity index is 1320. The van der Waals surface area contributed by atoms with Gasteiger partial charge in [0.05, 0.1) is 21.7 Å². The minimum Gasteiger partial charge on any atom is -0.478 e. The summed E-state index contributed by atoms with van der Waals surface area (Å²) < 4.78 is 33.3. The number of aliphatic hydroxyl groups is 1. The molecule has 0 spiro atoms. The highest BCUT2D eigenvalue weighted by Gasteiger charge is 2.34. The third kappa shape index (κ3) is 3.02. The Kier molecular flexibility index (Phi) is 4.52. The fourth-order valence-electron chi connectivity index (χ4n) is 3.40. The lowest BCUT2D eigenvalue weighted by molar-refractivity contribution is 0.0692. The number of aromatic carboxylic acids is 1. The van der Waals surface area contributed by atoms with Crippen LogP contribution in [0.2, 0.25) is 0 Å². The number of carbonyl (C=O) groups is 1. The molecule has 0 aliphatic rings. The predicted octanol–water partition coefficient (Wildman–Crippen LogP) is 3.56. The number of fused-ring (bicyclic) bond motifs is 1. The lowest BCUT2D eigenvalue weighted by atomic mass is 10.1. The molecule has 4 aromatic rings. The first-order valence-corrected chi connectivity index (χ1v) is 10.2. The Morgan fingerprint density at radius 1 is 1.00 bits per heavy atom. The number of para-hydroxylation sites is 1. The molecule has 2 N–H and O–H groups in total. The van der Waals surface area contributed by atoms with Gasteiger partial charge < -0.3 is 14.6 Å². The van der Waals surface area contributed by atoms with E-state index in [2.05, 4.69) is 0 Å². The third-order valence-electron chi connectivity index (χ3n) is 4.65. The van der Waals surface area contributed by atoms with Crippen molar-refractivity contribution >= 4 is 26.9 Å². The molecule has 0 aliphatic carbocycles. The molecule has 0 fully saturated rings. The van der Waals surface area contributed by atoms with E-state index in [9.17, 15) is 23.4 Å². The Balaban J connectivity index is 2.12. The number of hydrogen-bond donors (Lipinski definition) is 2. The third-order valence-corrected chi connectivity index (χ3v) is 6.39. The molecule has 148 valence electrons. The van der Waals surface area contributed by atoms with Crippen molar-refractivity contribution in [3.05, 3.63) is 89.5 Å². The average Bonchev–Trinajstić information content (AvgIpc) is 3.29. The highest BCUT2D eigenvalue weighted by molar-refractivity contribution is 7.90. The van der Waals surface area contributed by atoms with E-state index in [1.807, 2.05) is 0 Å². The van der Waals surface area contributed by atoms with Gasteiger partial charge in [-0.25, -0.2) is 17.2 Å². The van der Waals surface area contributed by atoms with E-state index in [0.29, 0.717) is 5.76 Å². The molecule has 0 saturated heterocycles. The van der Waals surface area contributed by atoms with Crippen LogP contribution in [0.3, 0.4) is 0 Å². The summed E-state index contributed by atoms with van der Waals surface area (Å²) in [4.78, 5) is 12.1. The monoisotopic (exact) mass is 411 g/mol. The molecule has 8 heteroatoms. The summed E-state index contributed by atoms with van der Waals surface area (Å²) in [6.45, 7) is 1.67. The van der Waals surface area contributed by atoms with Crippen LogP contribution in [0.15, 0.2) is 76.0 Å². The van der Waals surface area contributed by atoms with Crippen LogP contribution in [0.25, 0.3) is 10.9 Å². The second kappa shape index (κ2) is 6.91. The molecule has 2 aromatic heterocycles. The molecule has 7 nitrogen and oxygen atoms in total. The standard InChI is InChI=1S/C21H17NO6S/c1-13-11-12-17(28-13)20(23)19-18(21(24)25)15-9-5-6-10-16(15)22(19)29(26,27)14-7-3-2-4-8-14/h2-12,20,23H,1H3,(H,24,25). The Morgan fingerprint density at radius 2 is 1.66 bits per heavy atom. The smallest absolute Gasteiger partial charge is 0.338 e. The molecule has 0 radical (unpaired) electrons. The fourth-order valence-corrected chi connectivity index (χ4v) is 4.98. The topological polar surface area (TPSA) is 110 Å². The minimum atomic E-state index is -4.20. The number of aliphatic hydroxyl groups excluding tert-OH is 1. The second-order valence-corrected chi connectivity index (χ2v) is 8.30. The Morgan fingerprint density at radius 3 is 2.28 bits per heavy atom. The van der Waals surface area contributed by atoms with Crippen molar-refractivity contribution in [1.82, 2.24) is 3.97 Å². The van der Waals surface area contributed by atoms with Gasteiger partial charge in [-0.2, -0.15) is 0 Å². The van der Waals surface area contributed by atoms with Gasteiger partial charge in [-0.1, -0.05) is 36.4 Å². The molecule has 29 heavy (non-hydrogen) atoms. The first kappa shape index (κ1) is 19.0. The summed E-state index contributed by atoms with van der Waals surface area (Å²) in [5.41, 5.74) is -0.412. The predicted molar refractivity (Wildman–Crippen MR) is 105 cm³/mol. The molecular weight excluding hydrogens is 394 g/mol. The number of carboxylic acids is 1. The molecule has 2 aromatic carbocycles. The van der Waals surface area contributed by atoms with Gasteiger partial charge in [0.1, 0.15) is 11.5 Å². The van der Waals surface area contributed by atoms with Gasteiger partial charge in [-0.05, 0) is 37.3 Å². The van der Waals surface area contributed by atoms with Crippen LogP contribution in [0, 0.1) is 6.92 Å². The number of furan rings is 1. The molecule has 1 atom stereocenters. The molecule has 2 heterocycles. The maximum atomic E-state index is 13.5. The van der Waals surface area contributed by atoms with Crippen molar-refractivity contribution < 1.29 is 27.8 Å².